The summed E-state index contributed by atoms with van der Waals surface area (Å²) in [6, 6.07) is 4.12. The molecule has 0 bridgehead atoms. The van der Waals surface area contributed by atoms with Crippen molar-refractivity contribution in [2.45, 2.75) is 38.0 Å². The molecule has 1 fully saturated rings. The normalized spacial score (nSPS) is 17.3. The van der Waals surface area contributed by atoms with Crippen molar-refractivity contribution in [2.75, 3.05) is 0 Å². The molecule has 0 saturated heterocycles. The van der Waals surface area contributed by atoms with E-state index in [1.54, 1.807) is 6.20 Å². The highest BCUT2D eigenvalue weighted by Gasteiger charge is 2.17. The van der Waals surface area contributed by atoms with E-state index in [0.717, 1.165) is 10.2 Å². The van der Waals surface area contributed by atoms with Gasteiger partial charge in [0.1, 0.15) is 6.07 Å². The largest absolute Gasteiger partial charge is 0.260 e. The van der Waals surface area contributed by atoms with Gasteiger partial charge in [-0.1, -0.05) is 19.3 Å². The van der Waals surface area contributed by atoms with Gasteiger partial charge in [-0.25, -0.2) is 0 Å². The molecule has 3 heteroatoms. The van der Waals surface area contributed by atoms with Crippen LogP contribution in [0, 0.1) is 11.3 Å². The van der Waals surface area contributed by atoms with Gasteiger partial charge >= 0.3 is 0 Å². The zero-order valence-electron chi connectivity index (χ0n) is 8.54. The predicted molar refractivity (Wildman–Crippen MR) is 62.5 cm³/mol. The quantitative estimate of drug-likeness (QED) is 0.775. The Balaban J connectivity index is 2.25. The van der Waals surface area contributed by atoms with Crippen LogP contribution in [-0.2, 0) is 0 Å². The van der Waals surface area contributed by atoms with E-state index in [-0.39, 0.29) is 0 Å². The van der Waals surface area contributed by atoms with E-state index in [0.29, 0.717) is 11.5 Å². The summed E-state index contributed by atoms with van der Waals surface area (Å²) >= 11 is 3.33. The number of hydrogen-bond donors (Lipinski definition) is 0. The summed E-state index contributed by atoms with van der Waals surface area (Å²) in [6.45, 7) is 0. The lowest BCUT2D eigenvalue weighted by molar-refractivity contribution is 0.436. The number of halogens is 1. The SMILES string of the molecule is N#Cc1cc(C2CCCCC2)ncc1Br. The molecule has 0 amide bonds. The summed E-state index contributed by atoms with van der Waals surface area (Å²) < 4.78 is 0.796. The summed E-state index contributed by atoms with van der Waals surface area (Å²) in [4.78, 5) is 4.41. The maximum absolute atomic E-state index is 8.93. The molecule has 1 heterocycles. The average Bonchev–Trinajstić information content (AvgIpc) is 2.31. The van der Waals surface area contributed by atoms with Crippen molar-refractivity contribution in [1.29, 1.82) is 5.26 Å². The van der Waals surface area contributed by atoms with E-state index in [4.69, 9.17) is 5.26 Å². The molecule has 1 saturated carbocycles. The molecule has 78 valence electrons. The number of pyridine rings is 1. The maximum Gasteiger partial charge on any atom is 0.100 e. The molecule has 1 aromatic heterocycles. The summed E-state index contributed by atoms with van der Waals surface area (Å²) in [7, 11) is 0. The molecule has 2 rings (SSSR count). The molecule has 1 aliphatic rings. The first-order valence-corrected chi connectivity index (χ1v) is 6.16. The van der Waals surface area contributed by atoms with Crippen molar-refractivity contribution >= 4 is 15.9 Å². The molecule has 15 heavy (non-hydrogen) atoms. The van der Waals surface area contributed by atoms with Gasteiger partial charge in [-0.05, 0) is 34.8 Å². The van der Waals surface area contributed by atoms with Gasteiger partial charge < -0.3 is 0 Å². The first-order valence-electron chi connectivity index (χ1n) is 5.37. The number of nitriles is 1. The van der Waals surface area contributed by atoms with Gasteiger partial charge in [0.15, 0.2) is 0 Å². The zero-order valence-corrected chi connectivity index (χ0v) is 10.1. The lowest BCUT2D eigenvalue weighted by Crippen LogP contribution is -2.06. The van der Waals surface area contributed by atoms with Gasteiger partial charge in [0, 0.05) is 17.8 Å². The highest BCUT2D eigenvalue weighted by atomic mass is 79.9. The fourth-order valence-electron chi connectivity index (χ4n) is 2.16. The summed E-state index contributed by atoms with van der Waals surface area (Å²) in [6.07, 6.45) is 8.13. The lowest BCUT2D eigenvalue weighted by Gasteiger charge is -2.21. The van der Waals surface area contributed by atoms with E-state index in [1.807, 2.05) is 6.07 Å². The van der Waals surface area contributed by atoms with Crippen molar-refractivity contribution in [3.05, 3.63) is 28.0 Å². The Hall–Kier alpha value is -0.880. The minimum atomic E-state index is 0.568. The van der Waals surface area contributed by atoms with Crippen LogP contribution in [0.2, 0.25) is 0 Å². The third kappa shape index (κ3) is 2.38. The second kappa shape index (κ2) is 4.76. The molecule has 1 aromatic rings. The van der Waals surface area contributed by atoms with Gasteiger partial charge in [-0.3, -0.25) is 4.98 Å². The second-order valence-electron chi connectivity index (χ2n) is 4.04. The highest BCUT2D eigenvalue weighted by Crippen LogP contribution is 2.32. The first kappa shape index (κ1) is 10.6. The fraction of sp³-hybridized carbons (Fsp3) is 0.500. The number of nitrogens with zero attached hydrogens (tertiary/aromatic N) is 2. The fourth-order valence-corrected chi connectivity index (χ4v) is 2.47. The number of aromatic nitrogens is 1. The third-order valence-electron chi connectivity index (χ3n) is 3.02. The van der Waals surface area contributed by atoms with Crippen LogP contribution in [0.15, 0.2) is 16.7 Å². The van der Waals surface area contributed by atoms with E-state index in [1.165, 1.54) is 32.1 Å². The Morgan fingerprint density at radius 2 is 2.07 bits per heavy atom. The minimum absolute atomic E-state index is 0.568. The molecule has 0 spiro atoms. The molecule has 0 aromatic carbocycles. The molecule has 0 atom stereocenters. The monoisotopic (exact) mass is 264 g/mol. The van der Waals surface area contributed by atoms with Crippen LogP contribution in [0.5, 0.6) is 0 Å². The van der Waals surface area contributed by atoms with E-state index in [2.05, 4.69) is 27.0 Å². The number of rotatable bonds is 1. The highest BCUT2D eigenvalue weighted by molar-refractivity contribution is 9.10. The Labute approximate surface area is 98.5 Å². The second-order valence-corrected chi connectivity index (χ2v) is 4.89. The molecule has 0 unspecified atom stereocenters. The van der Waals surface area contributed by atoms with Gasteiger partial charge in [-0.2, -0.15) is 5.26 Å². The van der Waals surface area contributed by atoms with Crippen LogP contribution in [0.1, 0.15) is 49.3 Å². The zero-order chi connectivity index (χ0) is 10.7. The molecule has 0 aliphatic heterocycles. The van der Waals surface area contributed by atoms with Crippen molar-refractivity contribution in [1.82, 2.24) is 4.98 Å². The summed E-state index contributed by atoms with van der Waals surface area (Å²) in [5.74, 6) is 0.568. The summed E-state index contributed by atoms with van der Waals surface area (Å²) in [5.41, 5.74) is 1.79. The van der Waals surface area contributed by atoms with Crippen LogP contribution in [-0.4, -0.2) is 4.98 Å². The van der Waals surface area contributed by atoms with Gasteiger partial charge in [-0.15, -0.1) is 0 Å². The van der Waals surface area contributed by atoms with Crippen LogP contribution in [0.4, 0.5) is 0 Å². The molecule has 1 aliphatic carbocycles. The minimum Gasteiger partial charge on any atom is -0.260 e. The molecule has 2 nitrogen and oxygen atoms in total. The van der Waals surface area contributed by atoms with Crippen LogP contribution < -0.4 is 0 Å². The van der Waals surface area contributed by atoms with Crippen molar-refractivity contribution < 1.29 is 0 Å². The van der Waals surface area contributed by atoms with Crippen LogP contribution in [0.25, 0.3) is 0 Å². The van der Waals surface area contributed by atoms with E-state index >= 15 is 0 Å². The van der Waals surface area contributed by atoms with Gasteiger partial charge in [0.25, 0.3) is 0 Å². The lowest BCUT2D eigenvalue weighted by atomic mass is 9.86. The number of hydrogen-bond acceptors (Lipinski definition) is 2. The average molecular weight is 265 g/mol. The first-order chi connectivity index (χ1) is 7.31. The maximum atomic E-state index is 8.93. The molecule has 0 radical (unpaired) electrons. The van der Waals surface area contributed by atoms with E-state index < -0.39 is 0 Å². The molecular weight excluding hydrogens is 252 g/mol. The topological polar surface area (TPSA) is 36.7 Å². The summed E-state index contributed by atoms with van der Waals surface area (Å²) in [5, 5.41) is 8.93. The smallest absolute Gasteiger partial charge is 0.100 e. The molecule has 0 N–H and O–H groups in total. The van der Waals surface area contributed by atoms with Crippen molar-refractivity contribution in [3.63, 3.8) is 0 Å². The Morgan fingerprint density at radius 3 is 2.73 bits per heavy atom. The van der Waals surface area contributed by atoms with Crippen molar-refractivity contribution in [2.24, 2.45) is 0 Å². The predicted octanol–water partition coefficient (Wildman–Crippen LogP) is 3.76. The van der Waals surface area contributed by atoms with Crippen molar-refractivity contribution in [3.8, 4) is 6.07 Å². The van der Waals surface area contributed by atoms with Gasteiger partial charge in [0.05, 0.1) is 10.0 Å². The van der Waals surface area contributed by atoms with Crippen LogP contribution in [0.3, 0.4) is 0 Å². The standard InChI is InChI=1S/C12H13BrN2/c13-11-8-15-12(6-10(11)7-14)9-4-2-1-3-5-9/h6,8-9H,1-5H2. The van der Waals surface area contributed by atoms with Gasteiger partial charge in [0.2, 0.25) is 0 Å². The molecular formula is C12H13BrN2. The Bertz CT molecular complexity index is 389. The van der Waals surface area contributed by atoms with Crippen LogP contribution >= 0.6 is 15.9 Å². The Morgan fingerprint density at radius 1 is 1.33 bits per heavy atom. The third-order valence-corrected chi connectivity index (χ3v) is 3.65. The Kier molecular flexibility index (Phi) is 3.37. The van der Waals surface area contributed by atoms with E-state index in [9.17, 15) is 0 Å².